The van der Waals surface area contributed by atoms with Crippen LogP contribution in [0.5, 0.6) is 5.75 Å². The highest BCUT2D eigenvalue weighted by Gasteiger charge is 2.13. The largest absolute Gasteiger partial charge is 0.432 e. The van der Waals surface area contributed by atoms with E-state index in [1.807, 2.05) is 0 Å². The van der Waals surface area contributed by atoms with E-state index in [9.17, 15) is 13.2 Å². The minimum atomic E-state index is -3.17. The molecule has 19 heavy (non-hydrogen) atoms. The molecule has 1 aromatic carbocycles. The molecule has 4 N–H and O–H groups in total. The van der Waals surface area contributed by atoms with Crippen LogP contribution in [0, 0.1) is 22.6 Å². The molecule has 0 aliphatic heterocycles. The average molecular weight is 271 g/mol. The standard InChI is InChI=1S/C10H8F3N5O/c11-8-5(17-18-6(4-14)9(15)16)2-1-3-7(8)19-10(12)13/h1-3,10,17H,(H3,15,16)/b18-6+. The van der Waals surface area contributed by atoms with Crippen molar-refractivity contribution >= 4 is 17.2 Å². The summed E-state index contributed by atoms with van der Waals surface area (Å²) in [5.41, 5.74) is 6.35. The lowest BCUT2D eigenvalue weighted by Crippen LogP contribution is -2.22. The number of nitrogens with two attached hydrogens (primary N) is 1. The van der Waals surface area contributed by atoms with Gasteiger partial charge >= 0.3 is 6.61 Å². The van der Waals surface area contributed by atoms with Gasteiger partial charge in [0, 0.05) is 0 Å². The van der Waals surface area contributed by atoms with Gasteiger partial charge in [-0.05, 0) is 12.1 Å². The smallest absolute Gasteiger partial charge is 0.387 e. The van der Waals surface area contributed by atoms with Crippen molar-refractivity contribution in [1.29, 1.82) is 10.7 Å². The van der Waals surface area contributed by atoms with Gasteiger partial charge in [-0.2, -0.15) is 19.1 Å². The van der Waals surface area contributed by atoms with Crippen molar-refractivity contribution in [3.05, 3.63) is 24.0 Å². The zero-order valence-electron chi connectivity index (χ0n) is 9.32. The lowest BCUT2D eigenvalue weighted by molar-refractivity contribution is -0.0521. The third-order valence-electron chi connectivity index (χ3n) is 1.83. The van der Waals surface area contributed by atoms with Gasteiger partial charge in [-0.25, -0.2) is 4.39 Å². The van der Waals surface area contributed by atoms with Gasteiger partial charge in [-0.15, -0.1) is 0 Å². The van der Waals surface area contributed by atoms with E-state index >= 15 is 0 Å². The molecule has 0 saturated heterocycles. The van der Waals surface area contributed by atoms with E-state index in [0.717, 1.165) is 6.07 Å². The Morgan fingerprint density at radius 2 is 2.21 bits per heavy atom. The number of ether oxygens (including phenoxy) is 1. The number of halogens is 3. The highest BCUT2D eigenvalue weighted by Crippen LogP contribution is 2.25. The van der Waals surface area contributed by atoms with Crippen LogP contribution in [0.15, 0.2) is 23.3 Å². The molecule has 0 heterocycles. The van der Waals surface area contributed by atoms with Crippen LogP contribution in [0.4, 0.5) is 18.9 Å². The molecule has 0 unspecified atom stereocenters. The van der Waals surface area contributed by atoms with Crippen molar-refractivity contribution in [3.8, 4) is 11.8 Å². The second kappa shape index (κ2) is 6.25. The van der Waals surface area contributed by atoms with Gasteiger partial charge < -0.3 is 10.5 Å². The van der Waals surface area contributed by atoms with Gasteiger partial charge in [0.05, 0.1) is 5.69 Å². The number of hydrazone groups is 1. The second-order valence-electron chi connectivity index (χ2n) is 3.09. The fourth-order valence-corrected chi connectivity index (χ4v) is 1.05. The Labute approximate surface area is 105 Å². The Morgan fingerprint density at radius 3 is 2.74 bits per heavy atom. The maximum Gasteiger partial charge on any atom is 0.387 e. The molecule has 1 rings (SSSR count). The summed E-state index contributed by atoms with van der Waals surface area (Å²) in [6.45, 7) is -3.17. The van der Waals surface area contributed by atoms with Crippen LogP contribution in [0.3, 0.4) is 0 Å². The number of hydrogen-bond acceptors (Lipinski definition) is 5. The van der Waals surface area contributed by atoms with Crippen LogP contribution in [0.1, 0.15) is 0 Å². The predicted molar refractivity (Wildman–Crippen MR) is 61.6 cm³/mol. The molecule has 0 spiro atoms. The number of anilines is 1. The molecular formula is C10H8F3N5O. The number of benzene rings is 1. The van der Waals surface area contributed by atoms with E-state index < -0.39 is 29.7 Å². The highest BCUT2D eigenvalue weighted by atomic mass is 19.3. The van der Waals surface area contributed by atoms with E-state index in [2.05, 4.69) is 15.3 Å². The van der Waals surface area contributed by atoms with Crippen molar-refractivity contribution < 1.29 is 17.9 Å². The van der Waals surface area contributed by atoms with E-state index in [4.69, 9.17) is 16.4 Å². The van der Waals surface area contributed by atoms with Gasteiger partial charge in [-0.3, -0.25) is 10.8 Å². The number of nitrogens with one attached hydrogen (secondary N) is 2. The lowest BCUT2D eigenvalue weighted by Gasteiger charge is -2.08. The van der Waals surface area contributed by atoms with Crippen molar-refractivity contribution in [2.75, 3.05) is 5.43 Å². The van der Waals surface area contributed by atoms with Crippen molar-refractivity contribution in [2.24, 2.45) is 10.8 Å². The Kier molecular flexibility index (Phi) is 4.70. The number of alkyl halides is 2. The van der Waals surface area contributed by atoms with E-state index in [1.54, 1.807) is 0 Å². The monoisotopic (exact) mass is 271 g/mol. The topological polar surface area (TPSA) is 107 Å². The third kappa shape index (κ3) is 3.88. The van der Waals surface area contributed by atoms with Gasteiger partial charge in [-0.1, -0.05) is 6.07 Å². The van der Waals surface area contributed by atoms with Gasteiger partial charge in [0.1, 0.15) is 6.07 Å². The number of hydrogen-bond donors (Lipinski definition) is 3. The normalized spacial score (nSPS) is 11.0. The molecule has 0 fully saturated rings. The van der Waals surface area contributed by atoms with Crippen LogP contribution in [0.2, 0.25) is 0 Å². The molecule has 0 amide bonds. The molecule has 0 saturated carbocycles. The Hall–Kier alpha value is -2.76. The first-order valence-electron chi connectivity index (χ1n) is 4.77. The zero-order valence-corrected chi connectivity index (χ0v) is 9.32. The Balaban J connectivity index is 2.97. The number of amidine groups is 1. The first kappa shape index (κ1) is 14.3. The molecule has 0 aliphatic carbocycles. The summed E-state index contributed by atoms with van der Waals surface area (Å²) < 4.78 is 41.5. The van der Waals surface area contributed by atoms with Crippen LogP contribution < -0.4 is 15.9 Å². The third-order valence-corrected chi connectivity index (χ3v) is 1.83. The summed E-state index contributed by atoms with van der Waals surface area (Å²) in [6, 6.07) is 4.94. The van der Waals surface area contributed by atoms with Crippen LogP contribution in [-0.2, 0) is 0 Å². The van der Waals surface area contributed by atoms with Crippen molar-refractivity contribution in [2.45, 2.75) is 6.61 Å². The summed E-state index contributed by atoms with van der Waals surface area (Å²) in [6.07, 6.45) is 0. The molecule has 9 heteroatoms. The maximum atomic E-state index is 13.6. The van der Waals surface area contributed by atoms with E-state index in [1.165, 1.54) is 18.2 Å². The first-order chi connectivity index (χ1) is 8.95. The summed E-state index contributed by atoms with van der Waals surface area (Å²) >= 11 is 0. The van der Waals surface area contributed by atoms with Crippen molar-refractivity contribution in [3.63, 3.8) is 0 Å². The lowest BCUT2D eigenvalue weighted by atomic mass is 10.3. The van der Waals surface area contributed by atoms with Gasteiger partial charge in [0.2, 0.25) is 5.71 Å². The van der Waals surface area contributed by atoms with Crippen LogP contribution in [0.25, 0.3) is 0 Å². The van der Waals surface area contributed by atoms with Gasteiger partial charge in [0.15, 0.2) is 17.4 Å². The molecule has 0 radical (unpaired) electrons. The average Bonchev–Trinajstić information content (AvgIpc) is 2.33. The van der Waals surface area contributed by atoms with E-state index in [0.29, 0.717) is 0 Å². The minimum Gasteiger partial charge on any atom is -0.432 e. The van der Waals surface area contributed by atoms with Crippen LogP contribution in [-0.4, -0.2) is 18.2 Å². The molecule has 100 valence electrons. The van der Waals surface area contributed by atoms with Crippen LogP contribution >= 0.6 is 0 Å². The second-order valence-corrected chi connectivity index (χ2v) is 3.09. The molecule has 0 aliphatic rings. The highest BCUT2D eigenvalue weighted by molar-refractivity contribution is 6.45. The molecule has 6 nitrogen and oxygen atoms in total. The molecule has 0 aromatic heterocycles. The fraction of sp³-hybridized carbons (Fsp3) is 0.100. The minimum absolute atomic E-state index is 0.299. The summed E-state index contributed by atoms with van der Waals surface area (Å²) in [5.74, 6) is -2.39. The summed E-state index contributed by atoms with van der Waals surface area (Å²) in [7, 11) is 0. The molecule has 0 bridgehead atoms. The fourth-order valence-electron chi connectivity index (χ4n) is 1.05. The SMILES string of the molecule is N#C/C(=N\Nc1cccc(OC(F)F)c1F)C(=N)N. The zero-order chi connectivity index (χ0) is 14.4. The van der Waals surface area contributed by atoms with E-state index in [-0.39, 0.29) is 5.69 Å². The molecule has 1 aromatic rings. The summed E-state index contributed by atoms with van der Waals surface area (Å²) in [4.78, 5) is 0. The quantitative estimate of drug-likeness (QED) is 0.430. The van der Waals surface area contributed by atoms with Gasteiger partial charge in [0.25, 0.3) is 0 Å². The van der Waals surface area contributed by atoms with Crippen molar-refractivity contribution in [1.82, 2.24) is 0 Å². The first-order valence-corrected chi connectivity index (χ1v) is 4.77. The predicted octanol–water partition coefficient (Wildman–Crippen LogP) is 1.65. The number of nitrogens with zero attached hydrogens (tertiary/aromatic N) is 2. The summed E-state index contributed by atoms with van der Waals surface area (Å²) in [5, 5.41) is 18.9. The number of nitriles is 1. The molecule has 0 atom stereocenters. The maximum absolute atomic E-state index is 13.6. The Bertz CT molecular complexity index is 553. The number of rotatable bonds is 5. The Morgan fingerprint density at radius 1 is 1.53 bits per heavy atom. The molecular weight excluding hydrogens is 263 g/mol.